The average molecular weight is 282 g/mol. The largest absolute Gasteiger partial charge is 0.316 e. The van der Waals surface area contributed by atoms with Crippen molar-refractivity contribution in [3.8, 4) is 11.1 Å². The van der Waals surface area contributed by atoms with Crippen LogP contribution < -0.4 is 5.32 Å². The topological polar surface area (TPSA) is 12.0 Å². The lowest BCUT2D eigenvalue weighted by molar-refractivity contribution is 0.818. The Balaban J connectivity index is 2.08. The van der Waals surface area contributed by atoms with Crippen LogP contribution in [-0.2, 0) is 6.54 Å². The minimum atomic E-state index is 0.778. The van der Waals surface area contributed by atoms with Crippen LogP contribution in [-0.4, -0.2) is 7.05 Å². The number of fused-ring (bicyclic) bond motifs is 1. The van der Waals surface area contributed by atoms with E-state index in [-0.39, 0.29) is 0 Å². The van der Waals surface area contributed by atoms with Crippen molar-refractivity contribution in [1.82, 2.24) is 5.32 Å². The van der Waals surface area contributed by atoms with Gasteiger partial charge >= 0.3 is 0 Å². The highest BCUT2D eigenvalue weighted by Gasteiger charge is 2.04. The molecule has 0 unspecified atom stereocenters. The Morgan fingerprint density at radius 3 is 2.35 bits per heavy atom. The van der Waals surface area contributed by atoms with Crippen LogP contribution in [0.2, 0.25) is 5.02 Å². The molecule has 0 saturated carbocycles. The molecule has 2 heteroatoms. The van der Waals surface area contributed by atoms with Gasteiger partial charge in [-0.15, -0.1) is 0 Å². The summed E-state index contributed by atoms with van der Waals surface area (Å²) in [4.78, 5) is 0. The third-order valence-corrected chi connectivity index (χ3v) is 3.86. The third-order valence-electron chi connectivity index (χ3n) is 3.50. The van der Waals surface area contributed by atoms with Crippen LogP contribution in [0.15, 0.2) is 60.7 Å². The van der Waals surface area contributed by atoms with Crippen molar-refractivity contribution in [2.75, 3.05) is 7.05 Å². The first-order chi connectivity index (χ1) is 9.78. The van der Waals surface area contributed by atoms with E-state index in [1.165, 1.54) is 21.9 Å². The van der Waals surface area contributed by atoms with E-state index in [9.17, 15) is 0 Å². The van der Waals surface area contributed by atoms with Crippen molar-refractivity contribution in [3.63, 3.8) is 0 Å². The number of nitrogens with one attached hydrogen (secondary N) is 1. The normalized spacial score (nSPS) is 10.9. The van der Waals surface area contributed by atoms with Crippen molar-refractivity contribution < 1.29 is 0 Å². The van der Waals surface area contributed by atoms with Crippen molar-refractivity contribution in [2.24, 2.45) is 0 Å². The Hall–Kier alpha value is -1.83. The number of rotatable bonds is 3. The molecule has 1 nitrogen and oxygen atoms in total. The van der Waals surface area contributed by atoms with E-state index in [1.54, 1.807) is 0 Å². The van der Waals surface area contributed by atoms with Crippen LogP contribution in [0.4, 0.5) is 0 Å². The van der Waals surface area contributed by atoms with Gasteiger partial charge in [0.1, 0.15) is 0 Å². The molecular formula is C18H16ClN. The summed E-state index contributed by atoms with van der Waals surface area (Å²) in [5, 5.41) is 6.48. The molecule has 3 aromatic carbocycles. The predicted molar refractivity (Wildman–Crippen MR) is 87.2 cm³/mol. The standard InChI is InChI=1S/C18H16ClN/c1-20-12-17-11-16(8-9-18(17)19)15-7-6-13-4-2-3-5-14(13)10-15/h2-11,20H,12H2,1H3. The SMILES string of the molecule is CNCc1cc(-c2ccc3ccccc3c2)ccc1Cl. The summed E-state index contributed by atoms with van der Waals surface area (Å²) in [6.07, 6.45) is 0. The first-order valence-corrected chi connectivity index (χ1v) is 7.08. The molecule has 0 aliphatic carbocycles. The number of hydrogen-bond donors (Lipinski definition) is 1. The van der Waals surface area contributed by atoms with Gasteiger partial charge in [-0.05, 0) is 52.7 Å². The van der Waals surface area contributed by atoms with Gasteiger partial charge in [-0.2, -0.15) is 0 Å². The van der Waals surface area contributed by atoms with E-state index in [0.717, 1.165) is 17.1 Å². The summed E-state index contributed by atoms with van der Waals surface area (Å²) < 4.78 is 0. The van der Waals surface area contributed by atoms with E-state index in [1.807, 2.05) is 13.1 Å². The van der Waals surface area contributed by atoms with Gasteiger partial charge in [-0.25, -0.2) is 0 Å². The molecule has 3 rings (SSSR count). The number of hydrogen-bond acceptors (Lipinski definition) is 1. The van der Waals surface area contributed by atoms with Gasteiger partial charge in [0.25, 0.3) is 0 Å². The summed E-state index contributed by atoms with van der Waals surface area (Å²) >= 11 is 6.22. The van der Waals surface area contributed by atoms with Crippen LogP contribution in [0.5, 0.6) is 0 Å². The Bertz CT molecular complexity index is 749. The fourth-order valence-electron chi connectivity index (χ4n) is 2.45. The molecule has 0 bridgehead atoms. The van der Waals surface area contributed by atoms with Crippen molar-refractivity contribution >= 4 is 22.4 Å². The second-order valence-corrected chi connectivity index (χ2v) is 5.31. The molecule has 0 aromatic heterocycles. The first-order valence-electron chi connectivity index (χ1n) is 6.70. The molecule has 0 amide bonds. The van der Waals surface area contributed by atoms with Gasteiger partial charge in [0.2, 0.25) is 0 Å². The second-order valence-electron chi connectivity index (χ2n) is 4.90. The first kappa shape index (κ1) is 13.2. The maximum absolute atomic E-state index is 6.22. The van der Waals surface area contributed by atoms with Gasteiger partial charge in [0.05, 0.1) is 0 Å². The molecule has 0 radical (unpaired) electrons. The molecule has 0 saturated heterocycles. The summed E-state index contributed by atoms with van der Waals surface area (Å²) in [6, 6.07) is 21.2. The van der Waals surface area contributed by atoms with Gasteiger partial charge in [-0.3, -0.25) is 0 Å². The fourth-order valence-corrected chi connectivity index (χ4v) is 2.63. The molecule has 100 valence electrons. The minimum Gasteiger partial charge on any atom is -0.316 e. The van der Waals surface area contributed by atoms with E-state index in [2.05, 4.69) is 59.9 Å². The Kier molecular flexibility index (Phi) is 3.72. The number of halogens is 1. The third kappa shape index (κ3) is 2.55. The summed E-state index contributed by atoms with van der Waals surface area (Å²) in [6.45, 7) is 0.778. The Morgan fingerprint density at radius 1 is 0.850 bits per heavy atom. The minimum absolute atomic E-state index is 0.778. The summed E-state index contributed by atoms with van der Waals surface area (Å²) in [5.74, 6) is 0. The lowest BCUT2D eigenvalue weighted by Gasteiger charge is -2.08. The Morgan fingerprint density at radius 2 is 1.55 bits per heavy atom. The zero-order valence-electron chi connectivity index (χ0n) is 11.4. The zero-order chi connectivity index (χ0) is 13.9. The van der Waals surface area contributed by atoms with Gasteiger partial charge < -0.3 is 5.32 Å². The highest BCUT2D eigenvalue weighted by Crippen LogP contribution is 2.27. The van der Waals surface area contributed by atoms with Crippen LogP contribution >= 0.6 is 11.6 Å². The lowest BCUT2D eigenvalue weighted by Crippen LogP contribution is -2.05. The highest BCUT2D eigenvalue weighted by molar-refractivity contribution is 6.31. The van der Waals surface area contributed by atoms with Crippen LogP contribution in [0.25, 0.3) is 21.9 Å². The maximum atomic E-state index is 6.22. The average Bonchev–Trinajstić information content (AvgIpc) is 2.49. The monoisotopic (exact) mass is 281 g/mol. The molecule has 3 aromatic rings. The maximum Gasteiger partial charge on any atom is 0.0451 e. The molecular weight excluding hydrogens is 266 g/mol. The van der Waals surface area contributed by atoms with Crippen LogP contribution in [0.3, 0.4) is 0 Å². The molecule has 0 heterocycles. The van der Waals surface area contributed by atoms with Crippen molar-refractivity contribution in [2.45, 2.75) is 6.54 Å². The molecule has 0 atom stereocenters. The van der Waals surface area contributed by atoms with E-state index in [4.69, 9.17) is 11.6 Å². The molecule has 0 fully saturated rings. The molecule has 0 aliphatic heterocycles. The van der Waals surface area contributed by atoms with Crippen molar-refractivity contribution in [3.05, 3.63) is 71.2 Å². The van der Waals surface area contributed by atoms with E-state index < -0.39 is 0 Å². The second kappa shape index (κ2) is 5.66. The fraction of sp³-hybridized carbons (Fsp3) is 0.111. The number of benzene rings is 3. The van der Waals surface area contributed by atoms with Crippen molar-refractivity contribution in [1.29, 1.82) is 0 Å². The van der Waals surface area contributed by atoms with Gasteiger partial charge in [0.15, 0.2) is 0 Å². The van der Waals surface area contributed by atoms with Crippen LogP contribution in [0, 0.1) is 0 Å². The predicted octanol–water partition coefficient (Wildman–Crippen LogP) is 4.88. The zero-order valence-corrected chi connectivity index (χ0v) is 12.1. The highest BCUT2D eigenvalue weighted by atomic mass is 35.5. The quantitative estimate of drug-likeness (QED) is 0.721. The molecule has 20 heavy (non-hydrogen) atoms. The summed E-state index contributed by atoms with van der Waals surface area (Å²) in [7, 11) is 1.93. The van der Waals surface area contributed by atoms with Gasteiger partial charge in [-0.1, -0.05) is 54.1 Å². The van der Waals surface area contributed by atoms with Crippen LogP contribution in [0.1, 0.15) is 5.56 Å². The van der Waals surface area contributed by atoms with E-state index in [0.29, 0.717) is 0 Å². The lowest BCUT2D eigenvalue weighted by atomic mass is 10.00. The van der Waals surface area contributed by atoms with Gasteiger partial charge in [0, 0.05) is 11.6 Å². The Labute approximate surface area is 124 Å². The smallest absolute Gasteiger partial charge is 0.0451 e. The molecule has 1 N–H and O–H groups in total. The molecule has 0 aliphatic rings. The molecule has 0 spiro atoms. The van der Waals surface area contributed by atoms with E-state index >= 15 is 0 Å². The summed E-state index contributed by atoms with van der Waals surface area (Å²) in [5.41, 5.74) is 3.54.